The highest BCUT2D eigenvalue weighted by Crippen LogP contribution is 2.32. The molecule has 4 heterocycles. The van der Waals surface area contributed by atoms with Crippen LogP contribution in [0.15, 0.2) is 49.3 Å². The number of hydrogen-bond donors (Lipinski definition) is 1. The zero-order valence-corrected chi connectivity index (χ0v) is 18.7. The summed E-state index contributed by atoms with van der Waals surface area (Å²) in [5, 5.41) is 20.3. The van der Waals surface area contributed by atoms with Crippen LogP contribution in [0.3, 0.4) is 0 Å². The number of fused-ring (bicyclic) bond motifs is 3. The topological polar surface area (TPSA) is 86.6 Å². The third-order valence-corrected chi connectivity index (χ3v) is 5.67. The molecule has 0 aliphatic heterocycles. The molecule has 162 valence electrons. The highest BCUT2D eigenvalue weighted by Gasteiger charge is 2.20. The first-order valence-corrected chi connectivity index (χ1v) is 10.6. The zero-order chi connectivity index (χ0) is 22.2. The van der Waals surface area contributed by atoms with Crippen molar-refractivity contribution in [1.29, 1.82) is 0 Å². The number of halogens is 1. The molecular weight excluding hydrogens is 428 g/mol. The van der Waals surface area contributed by atoms with Crippen LogP contribution in [-0.2, 0) is 20.1 Å². The maximum absolute atomic E-state index is 6.29. The van der Waals surface area contributed by atoms with E-state index in [0.717, 1.165) is 33.9 Å². The van der Waals surface area contributed by atoms with Crippen molar-refractivity contribution in [3.05, 3.63) is 59.9 Å². The van der Waals surface area contributed by atoms with Crippen molar-refractivity contribution in [3.63, 3.8) is 0 Å². The first-order valence-electron chi connectivity index (χ1n) is 10.2. The molecule has 1 aromatic carbocycles. The summed E-state index contributed by atoms with van der Waals surface area (Å²) in [6, 6.07) is 5.70. The van der Waals surface area contributed by atoms with Crippen LogP contribution in [0.25, 0.3) is 27.6 Å². The summed E-state index contributed by atoms with van der Waals surface area (Å²) < 4.78 is 11.0. The maximum atomic E-state index is 6.29. The van der Waals surface area contributed by atoms with Gasteiger partial charge in [0, 0.05) is 24.7 Å². The second-order valence-electron chi connectivity index (χ2n) is 7.43. The van der Waals surface area contributed by atoms with Crippen LogP contribution in [0.1, 0.15) is 12.5 Å². The molecule has 1 N–H and O–H groups in total. The van der Waals surface area contributed by atoms with E-state index < -0.39 is 0 Å². The summed E-state index contributed by atoms with van der Waals surface area (Å²) >= 11 is 6.29. The normalized spacial score (nSPS) is 11.4. The Bertz CT molecular complexity index is 1440. The predicted molar refractivity (Wildman–Crippen MR) is 122 cm³/mol. The first-order chi connectivity index (χ1) is 15.6. The number of hydrogen-bond acceptors (Lipinski definition) is 6. The van der Waals surface area contributed by atoms with E-state index in [1.807, 2.05) is 77.1 Å². The lowest BCUT2D eigenvalue weighted by Gasteiger charge is -2.11. The van der Waals surface area contributed by atoms with E-state index >= 15 is 0 Å². The molecule has 0 amide bonds. The average molecular weight is 450 g/mol. The number of pyridine rings is 1. The maximum Gasteiger partial charge on any atom is 0.254 e. The van der Waals surface area contributed by atoms with Gasteiger partial charge in [-0.25, -0.2) is 14.2 Å². The molecule has 0 saturated carbocycles. The number of anilines is 1. The van der Waals surface area contributed by atoms with Crippen LogP contribution in [-0.4, -0.2) is 36.6 Å². The molecule has 9 nitrogen and oxygen atoms in total. The first kappa shape index (κ1) is 20.2. The SMILES string of the molecule is CCn1ncc2c3c(NCc4ccc(OC)c(Cl)c4)nnc(-n4cc[n+](C)c4)c3cnc21. The second-order valence-corrected chi connectivity index (χ2v) is 7.83. The van der Waals surface area contributed by atoms with Gasteiger partial charge < -0.3 is 10.1 Å². The number of ether oxygens (including phenoxy) is 1. The van der Waals surface area contributed by atoms with Gasteiger partial charge in [0.2, 0.25) is 6.33 Å². The number of nitrogens with one attached hydrogen (secondary N) is 1. The van der Waals surface area contributed by atoms with Gasteiger partial charge in [-0.05, 0) is 24.6 Å². The Morgan fingerprint density at radius 2 is 2.06 bits per heavy atom. The Hall–Kier alpha value is -3.72. The molecule has 0 fully saturated rings. The molecule has 5 aromatic rings. The molecule has 4 aromatic heterocycles. The number of benzene rings is 1. The molecule has 0 radical (unpaired) electrons. The zero-order valence-electron chi connectivity index (χ0n) is 17.9. The van der Waals surface area contributed by atoms with E-state index in [4.69, 9.17) is 16.3 Å². The molecule has 0 spiro atoms. The van der Waals surface area contributed by atoms with E-state index in [2.05, 4.69) is 25.6 Å². The number of aromatic nitrogens is 7. The monoisotopic (exact) mass is 449 g/mol. The van der Waals surface area contributed by atoms with Crippen LogP contribution >= 0.6 is 11.6 Å². The van der Waals surface area contributed by atoms with E-state index in [1.54, 1.807) is 7.11 Å². The van der Waals surface area contributed by atoms with Gasteiger partial charge in [0.15, 0.2) is 11.5 Å². The summed E-state index contributed by atoms with van der Waals surface area (Å²) in [5.74, 6) is 2.01. The third-order valence-electron chi connectivity index (χ3n) is 5.38. The van der Waals surface area contributed by atoms with E-state index in [9.17, 15) is 0 Å². The van der Waals surface area contributed by atoms with Crippen molar-refractivity contribution < 1.29 is 9.30 Å². The number of rotatable bonds is 6. The minimum atomic E-state index is 0.525. The van der Waals surface area contributed by atoms with Gasteiger partial charge in [-0.1, -0.05) is 17.7 Å². The van der Waals surface area contributed by atoms with Crippen LogP contribution < -0.4 is 14.6 Å². The van der Waals surface area contributed by atoms with Gasteiger partial charge in [-0.2, -0.15) is 9.67 Å². The Kier molecular flexibility index (Phi) is 5.10. The van der Waals surface area contributed by atoms with Crippen molar-refractivity contribution in [2.75, 3.05) is 12.4 Å². The van der Waals surface area contributed by atoms with Crippen molar-refractivity contribution in [2.24, 2.45) is 7.05 Å². The molecule has 0 saturated heterocycles. The number of nitrogens with zero attached hydrogens (tertiary/aromatic N) is 7. The number of methoxy groups -OCH3 is 1. The third kappa shape index (κ3) is 3.40. The average Bonchev–Trinajstić information content (AvgIpc) is 3.43. The standard InChI is InChI=1S/C22H22ClN8O/c1-4-31-21-16(12-26-31)19-15(11-25-21)22(30-8-7-29(2)13-30)28-27-20(19)24-10-14-5-6-18(32-3)17(23)9-14/h5-9,11-13H,4,10H2,1-3H3,(H,24,27)/q+1. The highest BCUT2D eigenvalue weighted by atomic mass is 35.5. The van der Waals surface area contributed by atoms with Crippen LogP contribution in [0.4, 0.5) is 5.82 Å². The minimum absolute atomic E-state index is 0.525. The van der Waals surface area contributed by atoms with Gasteiger partial charge in [-0.3, -0.25) is 0 Å². The minimum Gasteiger partial charge on any atom is -0.495 e. The van der Waals surface area contributed by atoms with Gasteiger partial charge in [0.1, 0.15) is 18.1 Å². The lowest BCUT2D eigenvalue weighted by atomic mass is 10.1. The van der Waals surface area contributed by atoms with Crippen LogP contribution in [0, 0.1) is 0 Å². The number of imidazole rings is 1. The van der Waals surface area contributed by atoms with E-state index in [-0.39, 0.29) is 0 Å². The fourth-order valence-corrected chi connectivity index (χ4v) is 4.06. The van der Waals surface area contributed by atoms with Crippen molar-refractivity contribution in [1.82, 2.24) is 29.5 Å². The largest absolute Gasteiger partial charge is 0.495 e. The molecule has 10 heteroatoms. The van der Waals surface area contributed by atoms with E-state index in [0.29, 0.717) is 29.0 Å². The van der Waals surface area contributed by atoms with E-state index in [1.165, 1.54) is 0 Å². The molecule has 0 unspecified atom stereocenters. The Labute approximate surface area is 189 Å². The summed E-state index contributed by atoms with van der Waals surface area (Å²) in [7, 11) is 3.56. The lowest BCUT2D eigenvalue weighted by molar-refractivity contribution is -0.670. The Balaban J connectivity index is 1.63. The van der Waals surface area contributed by atoms with Crippen molar-refractivity contribution >= 4 is 39.2 Å². The fourth-order valence-electron chi connectivity index (χ4n) is 3.78. The summed E-state index contributed by atoms with van der Waals surface area (Å²) in [6.45, 7) is 3.30. The molecule has 0 atom stereocenters. The summed E-state index contributed by atoms with van der Waals surface area (Å²) in [6.07, 6.45) is 9.51. The predicted octanol–water partition coefficient (Wildman–Crippen LogP) is 3.28. The fraction of sp³-hybridized carbons (Fsp3) is 0.227. The van der Waals surface area contributed by atoms with Crippen molar-refractivity contribution in [2.45, 2.75) is 20.0 Å². The van der Waals surface area contributed by atoms with Gasteiger partial charge in [0.25, 0.3) is 5.82 Å². The Morgan fingerprint density at radius 1 is 1.19 bits per heavy atom. The molecule has 0 aliphatic carbocycles. The van der Waals surface area contributed by atoms with Crippen molar-refractivity contribution in [3.8, 4) is 11.6 Å². The highest BCUT2D eigenvalue weighted by molar-refractivity contribution is 6.32. The van der Waals surface area contributed by atoms with Crippen LogP contribution in [0.5, 0.6) is 5.75 Å². The van der Waals surface area contributed by atoms with Gasteiger partial charge >= 0.3 is 0 Å². The molecule has 0 bridgehead atoms. The summed E-state index contributed by atoms with van der Waals surface area (Å²) in [4.78, 5) is 4.68. The number of aryl methyl sites for hydroxylation is 2. The Morgan fingerprint density at radius 3 is 2.78 bits per heavy atom. The lowest BCUT2D eigenvalue weighted by Crippen LogP contribution is -2.23. The molecule has 5 rings (SSSR count). The molecule has 0 aliphatic rings. The van der Waals surface area contributed by atoms with Gasteiger partial charge in [0.05, 0.1) is 36.1 Å². The summed E-state index contributed by atoms with van der Waals surface area (Å²) in [5.41, 5.74) is 1.81. The van der Waals surface area contributed by atoms with Gasteiger partial charge in [-0.15, -0.1) is 10.2 Å². The van der Waals surface area contributed by atoms with Crippen LogP contribution in [0.2, 0.25) is 5.02 Å². The second kappa shape index (κ2) is 8.08. The molecular formula is C22H22ClN8O+. The smallest absolute Gasteiger partial charge is 0.254 e. The molecule has 32 heavy (non-hydrogen) atoms. The quantitative estimate of drug-likeness (QED) is 0.400.